The lowest BCUT2D eigenvalue weighted by molar-refractivity contribution is 0.412. The molecule has 2 rings (SSSR count). The molecule has 1 N–H and O–H groups in total. The van der Waals surface area contributed by atoms with E-state index in [0.717, 1.165) is 18.2 Å². The third kappa shape index (κ3) is 2.54. The summed E-state index contributed by atoms with van der Waals surface area (Å²) in [5, 5.41) is 3.61. The topological polar surface area (TPSA) is 21.3 Å². The van der Waals surface area contributed by atoms with Gasteiger partial charge in [-0.15, -0.1) is 0 Å². The Hall–Kier alpha value is -1.02. The molecule has 0 radical (unpaired) electrons. The van der Waals surface area contributed by atoms with Gasteiger partial charge in [0.05, 0.1) is 7.11 Å². The Bertz CT molecular complexity index is 402. The number of methoxy groups -OCH3 is 1. The fourth-order valence-electron chi connectivity index (χ4n) is 2.91. The van der Waals surface area contributed by atoms with Crippen LogP contribution in [0.2, 0.25) is 0 Å². The van der Waals surface area contributed by atoms with Gasteiger partial charge in [0.1, 0.15) is 5.75 Å². The molecule has 0 aromatic heterocycles. The molecule has 1 aromatic carbocycles. The standard InChI is InChI=1S/C16H25NO/c1-5-13-10-16(13,11-17-12(2)3)14-7-6-8-15(9-14)18-4/h6-9,12-13,17H,5,10-11H2,1-4H3. The van der Waals surface area contributed by atoms with Crippen LogP contribution in [-0.4, -0.2) is 19.7 Å². The van der Waals surface area contributed by atoms with Gasteiger partial charge >= 0.3 is 0 Å². The van der Waals surface area contributed by atoms with Crippen molar-refractivity contribution in [2.75, 3.05) is 13.7 Å². The van der Waals surface area contributed by atoms with Crippen LogP contribution in [0.5, 0.6) is 5.75 Å². The summed E-state index contributed by atoms with van der Waals surface area (Å²) in [6.07, 6.45) is 2.56. The number of rotatable bonds is 6. The highest BCUT2D eigenvalue weighted by atomic mass is 16.5. The highest BCUT2D eigenvalue weighted by molar-refractivity contribution is 5.39. The quantitative estimate of drug-likeness (QED) is 0.832. The van der Waals surface area contributed by atoms with Crippen molar-refractivity contribution < 1.29 is 4.74 Å². The Labute approximate surface area is 111 Å². The summed E-state index contributed by atoms with van der Waals surface area (Å²) in [5.41, 5.74) is 1.77. The van der Waals surface area contributed by atoms with Gasteiger partial charge in [0.15, 0.2) is 0 Å². The first-order valence-corrected chi connectivity index (χ1v) is 7.00. The fraction of sp³-hybridized carbons (Fsp3) is 0.625. The van der Waals surface area contributed by atoms with Crippen molar-refractivity contribution in [3.8, 4) is 5.75 Å². The van der Waals surface area contributed by atoms with Crippen molar-refractivity contribution in [2.24, 2.45) is 5.92 Å². The summed E-state index contributed by atoms with van der Waals surface area (Å²) in [4.78, 5) is 0. The summed E-state index contributed by atoms with van der Waals surface area (Å²) in [7, 11) is 1.74. The summed E-state index contributed by atoms with van der Waals surface area (Å²) in [6, 6.07) is 9.13. The molecule has 0 bridgehead atoms. The molecule has 0 heterocycles. The van der Waals surface area contributed by atoms with Crippen LogP contribution in [0.15, 0.2) is 24.3 Å². The summed E-state index contributed by atoms with van der Waals surface area (Å²) < 4.78 is 5.35. The first-order valence-electron chi connectivity index (χ1n) is 7.00. The maximum absolute atomic E-state index is 5.35. The molecule has 0 saturated heterocycles. The monoisotopic (exact) mass is 247 g/mol. The maximum Gasteiger partial charge on any atom is 0.119 e. The average Bonchev–Trinajstić information content (AvgIpc) is 3.11. The van der Waals surface area contributed by atoms with E-state index in [1.54, 1.807) is 7.11 Å². The molecule has 1 saturated carbocycles. The van der Waals surface area contributed by atoms with Crippen molar-refractivity contribution in [2.45, 2.75) is 45.1 Å². The molecule has 1 aliphatic rings. The van der Waals surface area contributed by atoms with Crippen molar-refractivity contribution in [3.63, 3.8) is 0 Å². The average molecular weight is 247 g/mol. The molecule has 0 spiro atoms. The molecule has 18 heavy (non-hydrogen) atoms. The largest absolute Gasteiger partial charge is 0.497 e. The number of ether oxygens (including phenoxy) is 1. The molecule has 1 fully saturated rings. The zero-order valence-corrected chi connectivity index (χ0v) is 12.0. The molecular formula is C16H25NO. The Morgan fingerprint density at radius 2 is 2.22 bits per heavy atom. The molecule has 1 aromatic rings. The normalized spacial score (nSPS) is 26.4. The van der Waals surface area contributed by atoms with E-state index >= 15 is 0 Å². The van der Waals surface area contributed by atoms with Crippen LogP contribution < -0.4 is 10.1 Å². The molecule has 0 amide bonds. The lowest BCUT2D eigenvalue weighted by Gasteiger charge is -2.21. The lowest BCUT2D eigenvalue weighted by Crippen LogP contribution is -2.33. The summed E-state index contributed by atoms with van der Waals surface area (Å²) in [6.45, 7) is 7.80. The van der Waals surface area contributed by atoms with Gasteiger partial charge in [-0.25, -0.2) is 0 Å². The minimum atomic E-state index is 0.341. The van der Waals surface area contributed by atoms with Gasteiger partial charge in [-0.2, -0.15) is 0 Å². The molecule has 100 valence electrons. The van der Waals surface area contributed by atoms with E-state index in [9.17, 15) is 0 Å². The van der Waals surface area contributed by atoms with Gasteiger partial charge < -0.3 is 10.1 Å². The van der Waals surface area contributed by atoms with Crippen molar-refractivity contribution in [1.29, 1.82) is 0 Å². The fourth-order valence-corrected chi connectivity index (χ4v) is 2.91. The highest BCUT2D eigenvalue weighted by Crippen LogP contribution is 2.56. The van der Waals surface area contributed by atoms with Gasteiger partial charge in [-0.3, -0.25) is 0 Å². The van der Waals surface area contributed by atoms with Crippen LogP contribution in [0.25, 0.3) is 0 Å². The minimum absolute atomic E-state index is 0.341. The smallest absolute Gasteiger partial charge is 0.119 e. The zero-order valence-electron chi connectivity index (χ0n) is 12.0. The van der Waals surface area contributed by atoms with Crippen LogP contribution in [0, 0.1) is 5.92 Å². The maximum atomic E-state index is 5.35. The van der Waals surface area contributed by atoms with Gasteiger partial charge in [-0.1, -0.05) is 39.3 Å². The SMILES string of the molecule is CCC1CC1(CNC(C)C)c1cccc(OC)c1. The molecule has 0 aliphatic heterocycles. The number of hydrogen-bond donors (Lipinski definition) is 1. The molecular weight excluding hydrogens is 222 g/mol. The van der Waals surface area contributed by atoms with Crippen LogP contribution in [0.3, 0.4) is 0 Å². The van der Waals surface area contributed by atoms with E-state index in [2.05, 4.69) is 44.3 Å². The highest BCUT2D eigenvalue weighted by Gasteiger charge is 2.53. The number of nitrogens with one attached hydrogen (secondary N) is 1. The predicted octanol–water partition coefficient (Wildman–Crippen LogP) is 3.36. The van der Waals surface area contributed by atoms with Gasteiger partial charge in [0.2, 0.25) is 0 Å². The van der Waals surface area contributed by atoms with Gasteiger partial charge in [0.25, 0.3) is 0 Å². The van der Waals surface area contributed by atoms with E-state index in [0.29, 0.717) is 11.5 Å². The van der Waals surface area contributed by atoms with Crippen LogP contribution in [-0.2, 0) is 5.41 Å². The summed E-state index contributed by atoms with van der Waals surface area (Å²) in [5.74, 6) is 1.79. The minimum Gasteiger partial charge on any atom is -0.497 e. The van der Waals surface area contributed by atoms with E-state index in [-0.39, 0.29) is 0 Å². The molecule has 2 unspecified atom stereocenters. The second-order valence-electron chi connectivity index (χ2n) is 5.73. The van der Waals surface area contributed by atoms with E-state index < -0.39 is 0 Å². The second-order valence-corrected chi connectivity index (χ2v) is 5.73. The van der Waals surface area contributed by atoms with E-state index in [1.807, 2.05) is 6.07 Å². The molecule has 2 nitrogen and oxygen atoms in total. The second kappa shape index (κ2) is 5.31. The Balaban J connectivity index is 2.19. The van der Waals surface area contributed by atoms with Crippen molar-refractivity contribution >= 4 is 0 Å². The number of benzene rings is 1. The third-order valence-corrected chi connectivity index (χ3v) is 4.20. The van der Waals surface area contributed by atoms with E-state index in [1.165, 1.54) is 18.4 Å². The number of hydrogen-bond acceptors (Lipinski definition) is 2. The van der Waals surface area contributed by atoms with E-state index in [4.69, 9.17) is 4.74 Å². The molecule has 2 atom stereocenters. The van der Waals surface area contributed by atoms with Crippen LogP contribution >= 0.6 is 0 Å². The van der Waals surface area contributed by atoms with Crippen molar-refractivity contribution in [3.05, 3.63) is 29.8 Å². The Morgan fingerprint density at radius 1 is 1.44 bits per heavy atom. The van der Waals surface area contributed by atoms with Gasteiger partial charge in [-0.05, 0) is 30.0 Å². The molecule has 2 heteroatoms. The van der Waals surface area contributed by atoms with Gasteiger partial charge in [0, 0.05) is 18.0 Å². The zero-order chi connectivity index (χ0) is 13.2. The van der Waals surface area contributed by atoms with Crippen molar-refractivity contribution in [1.82, 2.24) is 5.32 Å². The first-order chi connectivity index (χ1) is 8.62. The van der Waals surface area contributed by atoms with Crippen LogP contribution in [0.1, 0.15) is 39.2 Å². The Kier molecular flexibility index (Phi) is 3.96. The molecule has 1 aliphatic carbocycles. The van der Waals surface area contributed by atoms with Crippen LogP contribution in [0.4, 0.5) is 0 Å². The summed E-state index contributed by atoms with van der Waals surface area (Å²) >= 11 is 0. The first kappa shape index (κ1) is 13.4. The third-order valence-electron chi connectivity index (χ3n) is 4.20. The predicted molar refractivity (Wildman–Crippen MR) is 76.2 cm³/mol. The lowest BCUT2D eigenvalue weighted by atomic mass is 9.91. The Morgan fingerprint density at radius 3 is 2.78 bits per heavy atom.